The molecular formula is C10H13N3O4. The Morgan fingerprint density at radius 3 is 2.76 bits per heavy atom. The number of nitrogens with zero attached hydrogens (tertiary/aromatic N) is 1. The van der Waals surface area contributed by atoms with Gasteiger partial charge in [0.15, 0.2) is 0 Å². The molecule has 1 aromatic rings. The molecule has 0 aliphatic rings. The van der Waals surface area contributed by atoms with Crippen molar-refractivity contribution in [3.05, 3.63) is 33.9 Å². The van der Waals surface area contributed by atoms with Crippen molar-refractivity contribution < 1.29 is 14.8 Å². The molecule has 1 aromatic carbocycles. The highest BCUT2D eigenvalue weighted by atomic mass is 16.6. The summed E-state index contributed by atoms with van der Waals surface area (Å²) in [5.74, 6) is -0.667. The first-order valence-corrected chi connectivity index (χ1v) is 4.91. The lowest BCUT2D eigenvalue weighted by molar-refractivity contribution is -0.384. The molecule has 0 aliphatic carbocycles. The Hall–Kier alpha value is -2.15. The second kappa shape index (κ2) is 5.26. The van der Waals surface area contributed by atoms with Gasteiger partial charge in [-0.15, -0.1) is 0 Å². The summed E-state index contributed by atoms with van der Waals surface area (Å²) >= 11 is 0. The third-order valence-electron chi connectivity index (χ3n) is 2.15. The zero-order valence-corrected chi connectivity index (χ0v) is 9.21. The van der Waals surface area contributed by atoms with Gasteiger partial charge in [-0.1, -0.05) is 0 Å². The van der Waals surface area contributed by atoms with Crippen molar-refractivity contribution in [1.29, 1.82) is 0 Å². The van der Waals surface area contributed by atoms with Gasteiger partial charge in [-0.05, 0) is 19.1 Å². The van der Waals surface area contributed by atoms with Crippen LogP contribution in [-0.4, -0.2) is 28.6 Å². The smallest absolute Gasteiger partial charge is 0.292 e. The van der Waals surface area contributed by atoms with E-state index in [-0.39, 0.29) is 29.6 Å². The number of hydrogen-bond acceptors (Lipinski definition) is 5. The first kappa shape index (κ1) is 12.9. The Morgan fingerprint density at radius 2 is 2.29 bits per heavy atom. The van der Waals surface area contributed by atoms with Crippen LogP contribution in [0.4, 0.5) is 11.4 Å². The van der Waals surface area contributed by atoms with E-state index in [0.717, 1.165) is 0 Å². The lowest BCUT2D eigenvalue weighted by atomic mass is 10.1. The third-order valence-corrected chi connectivity index (χ3v) is 2.15. The van der Waals surface area contributed by atoms with E-state index in [0.29, 0.717) is 0 Å². The molecule has 4 N–H and O–H groups in total. The summed E-state index contributed by atoms with van der Waals surface area (Å²) in [6.45, 7) is 1.47. The maximum Gasteiger partial charge on any atom is 0.292 e. The largest absolute Gasteiger partial charge is 0.394 e. The fourth-order valence-electron chi connectivity index (χ4n) is 1.28. The number of carbonyl (C=O) groups is 1. The third kappa shape index (κ3) is 3.15. The quantitative estimate of drug-likeness (QED) is 0.510. The van der Waals surface area contributed by atoms with Crippen LogP contribution in [0.2, 0.25) is 0 Å². The van der Waals surface area contributed by atoms with E-state index >= 15 is 0 Å². The highest BCUT2D eigenvalue weighted by molar-refractivity contribution is 5.94. The van der Waals surface area contributed by atoms with Gasteiger partial charge in [0, 0.05) is 17.7 Å². The van der Waals surface area contributed by atoms with Crippen LogP contribution in [-0.2, 0) is 0 Å². The van der Waals surface area contributed by atoms with Gasteiger partial charge in [-0.2, -0.15) is 0 Å². The molecule has 1 unspecified atom stereocenters. The Kier molecular flexibility index (Phi) is 4.00. The van der Waals surface area contributed by atoms with Gasteiger partial charge in [0.1, 0.15) is 5.69 Å². The number of amides is 1. The van der Waals surface area contributed by atoms with Crippen molar-refractivity contribution in [2.75, 3.05) is 11.9 Å². The van der Waals surface area contributed by atoms with Gasteiger partial charge in [0.25, 0.3) is 5.69 Å². The topological polar surface area (TPSA) is 118 Å². The summed E-state index contributed by atoms with van der Waals surface area (Å²) in [6.07, 6.45) is 0. The Bertz CT molecular complexity index is 447. The lowest BCUT2D eigenvalue weighted by Gasteiger charge is -2.12. The highest BCUT2D eigenvalue weighted by Crippen LogP contribution is 2.25. The van der Waals surface area contributed by atoms with Crippen molar-refractivity contribution >= 4 is 17.3 Å². The normalized spacial score (nSPS) is 11.9. The van der Waals surface area contributed by atoms with Crippen molar-refractivity contribution in [2.45, 2.75) is 13.0 Å². The number of rotatable bonds is 5. The predicted octanol–water partition coefficient (Wildman–Crippen LogP) is 0.486. The number of nitro groups is 1. The molecule has 1 atom stereocenters. The molecule has 0 radical (unpaired) electrons. The number of aliphatic hydroxyl groups excluding tert-OH is 1. The van der Waals surface area contributed by atoms with E-state index < -0.39 is 10.8 Å². The number of nitrogens with two attached hydrogens (primary N) is 1. The van der Waals surface area contributed by atoms with E-state index in [2.05, 4.69) is 5.32 Å². The maximum absolute atomic E-state index is 11.0. The van der Waals surface area contributed by atoms with Crippen LogP contribution < -0.4 is 11.1 Å². The number of hydrogen-bond donors (Lipinski definition) is 3. The Labute approximate surface area is 97.4 Å². The number of nitro benzene ring substituents is 1. The van der Waals surface area contributed by atoms with Crippen LogP contribution in [0.25, 0.3) is 0 Å². The molecule has 1 rings (SSSR count). The summed E-state index contributed by atoms with van der Waals surface area (Å²) in [6, 6.07) is 3.42. The van der Waals surface area contributed by atoms with Gasteiger partial charge in [0.05, 0.1) is 11.5 Å². The van der Waals surface area contributed by atoms with Crippen LogP contribution in [0, 0.1) is 10.1 Å². The molecule has 17 heavy (non-hydrogen) atoms. The number of aliphatic hydroxyl groups is 1. The fourth-order valence-corrected chi connectivity index (χ4v) is 1.28. The van der Waals surface area contributed by atoms with Crippen molar-refractivity contribution in [3.63, 3.8) is 0 Å². The van der Waals surface area contributed by atoms with E-state index in [1.54, 1.807) is 6.92 Å². The molecule has 0 saturated heterocycles. The molecule has 7 heteroatoms. The van der Waals surface area contributed by atoms with Gasteiger partial charge >= 0.3 is 0 Å². The van der Waals surface area contributed by atoms with Gasteiger partial charge < -0.3 is 16.2 Å². The standard InChI is InChI=1S/C10H13N3O4/c1-6(5-14)12-8-4-7(10(11)15)2-3-9(8)13(16)17/h2-4,6,12,14H,5H2,1H3,(H2,11,15). The molecular weight excluding hydrogens is 226 g/mol. The number of primary amides is 1. The maximum atomic E-state index is 11.0. The van der Waals surface area contributed by atoms with Crippen molar-refractivity contribution in [2.24, 2.45) is 5.73 Å². The summed E-state index contributed by atoms with van der Waals surface area (Å²) in [4.78, 5) is 21.2. The minimum Gasteiger partial charge on any atom is -0.394 e. The average Bonchev–Trinajstić information content (AvgIpc) is 2.28. The zero-order chi connectivity index (χ0) is 13.0. The molecule has 0 aromatic heterocycles. The Morgan fingerprint density at radius 1 is 1.65 bits per heavy atom. The van der Waals surface area contributed by atoms with Gasteiger partial charge in [-0.3, -0.25) is 14.9 Å². The van der Waals surface area contributed by atoms with Crippen molar-refractivity contribution in [3.8, 4) is 0 Å². The molecule has 0 bridgehead atoms. The van der Waals surface area contributed by atoms with E-state index in [1.807, 2.05) is 0 Å². The minimum absolute atomic E-state index is 0.160. The number of benzene rings is 1. The molecule has 0 heterocycles. The summed E-state index contributed by atoms with van der Waals surface area (Å²) < 4.78 is 0. The summed E-state index contributed by atoms with van der Waals surface area (Å²) in [5.41, 5.74) is 5.24. The SMILES string of the molecule is CC(CO)Nc1cc(C(N)=O)ccc1[N+](=O)[O-]. The summed E-state index contributed by atoms with van der Waals surface area (Å²) in [7, 11) is 0. The summed E-state index contributed by atoms with van der Waals surface area (Å²) in [5, 5.41) is 22.4. The molecule has 7 nitrogen and oxygen atoms in total. The second-order valence-electron chi connectivity index (χ2n) is 3.58. The second-order valence-corrected chi connectivity index (χ2v) is 3.58. The van der Waals surface area contributed by atoms with Crippen LogP contribution in [0.1, 0.15) is 17.3 Å². The van der Waals surface area contributed by atoms with E-state index in [9.17, 15) is 14.9 Å². The van der Waals surface area contributed by atoms with Crippen molar-refractivity contribution in [1.82, 2.24) is 0 Å². The molecule has 0 spiro atoms. The zero-order valence-electron chi connectivity index (χ0n) is 9.21. The molecule has 0 aliphatic heterocycles. The predicted molar refractivity (Wildman–Crippen MR) is 61.8 cm³/mol. The van der Waals surface area contributed by atoms with Gasteiger partial charge in [0.2, 0.25) is 5.91 Å². The monoisotopic (exact) mass is 239 g/mol. The van der Waals surface area contributed by atoms with E-state index in [4.69, 9.17) is 10.8 Å². The van der Waals surface area contributed by atoms with Gasteiger partial charge in [-0.25, -0.2) is 0 Å². The molecule has 0 saturated carbocycles. The molecule has 92 valence electrons. The molecule has 1 amide bonds. The van der Waals surface area contributed by atoms with Crippen LogP contribution in [0.5, 0.6) is 0 Å². The fraction of sp³-hybridized carbons (Fsp3) is 0.300. The van der Waals surface area contributed by atoms with Crippen LogP contribution in [0.15, 0.2) is 18.2 Å². The highest BCUT2D eigenvalue weighted by Gasteiger charge is 2.17. The minimum atomic E-state index is -0.667. The number of anilines is 1. The van der Waals surface area contributed by atoms with Crippen LogP contribution >= 0.6 is 0 Å². The van der Waals surface area contributed by atoms with Crippen LogP contribution in [0.3, 0.4) is 0 Å². The first-order valence-electron chi connectivity index (χ1n) is 4.91. The number of nitrogens with one attached hydrogen (secondary N) is 1. The number of carbonyl (C=O) groups excluding carboxylic acids is 1. The molecule has 0 fully saturated rings. The van der Waals surface area contributed by atoms with E-state index in [1.165, 1.54) is 18.2 Å². The average molecular weight is 239 g/mol. The lowest BCUT2D eigenvalue weighted by Crippen LogP contribution is -2.20. The Balaban J connectivity index is 3.15. The first-order chi connectivity index (χ1) is 7.95.